The third kappa shape index (κ3) is 12.6. The molecule has 3 N–H and O–H groups in total. The highest BCUT2D eigenvalue weighted by Gasteiger charge is 2.23. The van der Waals surface area contributed by atoms with Gasteiger partial charge in [-0.25, -0.2) is 0 Å². The second-order valence-corrected chi connectivity index (χ2v) is 20.4. The van der Waals surface area contributed by atoms with Gasteiger partial charge in [-0.3, -0.25) is 0 Å². The van der Waals surface area contributed by atoms with Crippen molar-refractivity contribution in [2.75, 3.05) is 18.1 Å². The van der Waals surface area contributed by atoms with E-state index in [1.54, 1.807) is 0 Å². The minimum Gasteiger partial charge on any atom is -0.399 e. The van der Waals surface area contributed by atoms with E-state index in [9.17, 15) is 0 Å². The topological polar surface area (TPSA) is 43.0 Å². The molecule has 1 heterocycles. The predicted octanol–water partition coefficient (Wildman–Crippen LogP) is 19.7. The van der Waals surface area contributed by atoms with Crippen LogP contribution < -0.4 is 11.1 Å². The van der Waals surface area contributed by atoms with Gasteiger partial charge in [-0.15, -0.1) is 0 Å². The van der Waals surface area contributed by atoms with Gasteiger partial charge < -0.3 is 15.6 Å². The van der Waals surface area contributed by atoms with Crippen molar-refractivity contribution < 1.29 is 0 Å². The monoisotopic (exact) mass is 978 g/mol. The number of fused-ring (bicyclic) bond motifs is 6. The molecule has 0 amide bonds. The minimum atomic E-state index is 0.613. The number of nitrogens with one attached hydrogen (secondary N) is 1. The van der Waals surface area contributed by atoms with Gasteiger partial charge in [-0.1, -0.05) is 194 Å². The van der Waals surface area contributed by atoms with Crippen LogP contribution in [0.25, 0.3) is 60.9 Å². The highest BCUT2D eigenvalue weighted by Crippen LogP contribution is 2.41. The molecule has 0 fully saturated rings. The molecule has 0 aliphatic heterocycles. The highest BCUT2D eigenvalue weighted by molar-refractivity contribution is 6.09. The second-order valence-electron chi connectivity index (χ2n) is 20.4. The molecule has 2 aliphatic rings. The lowest BCUT2D eigenvalue weighted by molar-refractivity contribution is 0.339. The third-order valence-corrected chi connectivity index (χ3v) is 15.4. The molecule has 0 radical (unpaired) electrons. The van der Waals surface area contributed by atoms with Gasteiger partial charge in [0.05, 0.1) is 16.7 Å². The molecule has 0 saturated heterocycles. The molecule has 8 aromatic carbocycles. The molecule has 2 aliphatic carbocycles. The van der Waals surface area contributed by atoms with E-state index in [1.807, 2.05) is 20.9 Å². The lowest BCUT2D eigenvalue weighted by Gasteiger charge is -2.25. The Hall–Kier alpha value is -7.10. The molecular formula is C71H83N3. The maximum absolute atomic E-state index is 6.55. The van der Waals surface area contributed by atoms with E-state index in [-0.39, 0.29) is 0 Å². The summed E-state index contributed by atoms with van der Waals surface area (Å²) >= 11 is 0. The summed E-state index contributed by atoms with van der Waals surface area (Å²) in [7, 11) is 1.97. The summed E-state index contributed by atoms with van der Waals surface area (Å²) < 4.78 is 2.43. The number of aromatic nitrogens is 1. The second kappa shape index (κ2) is 26.2. The smallest absolute Gasteiger partial charge is 0.0541 e. The zero-order valence-electron chi connectivity index (χ0n) is 46.5. The zero-order valence-corrected chi connectivity index (χ0v) is 46.5. The summed E-state index contributed by atoms with van der Waals surface area (Å²) in [6.45, 7) is 21.9. The predicted molar refractivity (Wildman–Crippen MR) is 326 cm³/mol. The Morgan fingerprint density at radius 1 is 0.541 bits per heavy atom. The van der Waals surface area contributed by atoms with Gasteiger partial charge >= 0.3 is 0 Å². The largest absolute Gasteiger partial charge is 0.399 e. The molecule has 3 atom stereocenters. The van der Waals surface area contributed by atoms with Crippen molar-refractivity contribution in [1.82, 2.24) is 4.57 Å². The molecule has 3 nitrogen and oxygen atoms in total. The molecule has 0 spiro atoms. The molecule has 11 rings (SSSR count). The van der Waals surface area contributed by atoms with Crippen LogP contribution in [0.4, 0.5) is 11.4 Å². The number of nitrogen functional groups attached to an aromatic ring is 1. The molecule has 3 unspecified atom stereocenters. The number of nitrogens with two attached hydrogens (primary N) is 1. The van der Waals surface area contributed by atoms with Crippen LogP contribution in [0.1, 0.15) is 106 Å². The van der Waals surface area contributed by atoms with Gasteiger partial charge in [-0.05, 0) is 193 Å². The fraction of sp³-hybridized carbons (Fsp3) is 0.296. The number of nitrogens with zero attached hydrogens (tertiary/aromatic N) is 1. The average molecular weight is 978 g/mol. The summed E-state index contributed by atoms with van der Waals surface area (Å²) in [6.07, 6.45) is 13.1. The Morgan fingerprint density at radius 2 is 1.04 bits per heavy atom. The van der Waals surface area contributed by atoms with E-state index in [0.29, 0.717) is 5.92 Å². The molecule has 3 heteroatoms. The Labute approximate surface area is 445 Å². The maximum atomic E-state index is 6.55. The normalized spacial score (nSPS) is 15.5. The van der Waals surface area contributed by atoms with Gasteiger partial charge in [0, 0.05) is 29.2 Å². The van der Waals surface area contributed by atoms with E-state index < -0.39 is 0 Å². The van der Waals surface area contributed by atoms with Gasteiger partial charge in [-0.2, -0.15) is 0 Å². The van der Waals surface area contributed by atoms with Gasteiger partial charge in [0.2, 0.25) is 0 Å². The molecule has 0 saturated carbocycles. The van der Waals surface area contributed by atoms with E-state index >= 15 is 0 Å². The fourth-order valence-corrected chi connectivity index (χ4v) is 11.2. The number of anilines is 2. The van der Waals surface area contributed by atoms with Crippen LogP contribution in [-0.4, -0.2) is 11.6 Å². The van der Waals surface area contributed by atoms with Crippen LogP contribution in [0.3, 0.4) is 0 Å². The van der Waals surface area contributed by atoms with Crippen molar-refractivity contribution in [2.45, 2.75) is 114 Å². The summed E-state index contributed by atoms with van der Waals surface area (Å²) in [5.41, 5.74) is 29.9. The van der Waals surface area contributed by atoms with Crippen molar-refractivity contribution in [3.05, 3.63) is 221 Å². The van der Waals surface area contributed by atoms with Crippen LogP contribution in [-0.2, 0) is 19.3 Å². The van der Waals surface area contributed by atoms with Crippen molar-refractivity contribution in [2.24, 2.45) is 17.8 Å². The lowest BCUT2D eigenvalue weighted by Crippen LogP contribution is -2.12. The number of aryl methyl sites for hydroxylation is 5. The molecule has 74 heavy (non-hydrogen) atoms. The van der Waals surface area contributed by atoms with Crippen molar-refractivity contribution in [3.63, 3.8) is 0 Å². The summed E-state index contributed by atoms with van der Waals surface area (Å²) in [5.74, 6) is 2.51. The van der Waals surface area contributed by atoms with E-state index in [4.69, 9.17) is 5.73 Å². The first-order valence-corrected chi connectivity index (χ1v) is 27.6. The number of benzene rings is 8. The van der Waals surface area contributed by atoms with Crippen LogP contribution in [0, 0.1) is 45.4 Å². The number of hydrogen-bond acceptors (Lipinski definition) is 2. The maximum Gasteiger partial charge on any atom is 0.0541 e. The standard InChI is InChI=1S/C29H26N2.C17H21N.C14H14.C9H16.C2H6/c1-19-14-15-20-8-2-3-9-22(20)25-17-21(30)18-29(26(25)16-19)31-27-12-6-4-10-23(27)24-11-5-7-13-28(24)31;1-5-15-13(3)10-14(18-4)11-17(15)16-9-7-6-8-12(16)2;1-11-7-3-5-9-13(11)14-10-6-4-8-12(14)2;1-3-9-7-5-4-6-8(9)2;1-2/h2-13,17-19H,14-16,30H2,1H3;6-11,18H,5H2,1-4H3;3-10H,1-2H3;4-5,8-9H,3,6-7H2,1-2H3;1-2H3. The van der Waals surface area contributed by atoms with Gasteiger partial charge in [0.1, 0.15) is 0 Å². The summed E-state index contributed by atoms with van der Waals surface area (Å²) in [4.78, 5) is 0. The number of para-hydroxylation sites is 2. The number of hydrogen-bond donors (Lipinski definition) is 2. The first-order chi connectivity index (χ1) is 36.0. The summed E-state index contributed by atoms with van der Waals surface area (Å²) in [5, 5.41) is 5.82. The quantitative estimate of drug-likeness (QED) is 0.129. The average Bonchev–Trinajstić information content (AvgIpc) is 3.76. The van der Waals surface area contributed by atoms with Crippen molar-refractivity contribution in [3.8, 4) is 39.1 Å². The van der Waals surface area contributed by atoms with Gasteiger partial charge in [0.25, 0.3) is 0 Å². The molecule has 382 valence electrons. The first kappa shape index (κ1) is 54.7. The third-order valence-electron chi connectivity index (χ3n) is 15.4. The molecule has 0 bridgehead atoms. The van der Waals surface area contributed by atoms with Crippen molar-refractivity contribution in [1.29, 1.82) is 0 Å². The van der Waals surface area contributed by atoms with Crippen LogP contribution in [0.15, 0.2) is 182 Å². The van der Waals surface area contributed by atoms with Crippen molar-refractivity contribution >= 4 is 33.2 Å². The Morgan fingerprint density at radius 3 is 1.55 bits per heavy atom. The van der Waals surface area contributed by atoms with E-state index in [2.05, 4.69) is 247 Å². The zero-order chi connectivity index (χ0) is 52.7. The van der Waals surface area contributed by atoms with Crippen LogP contribution in [0.2, 0.25) is 0 Å². The molecule has 1 aromatic heterocycles. The SMILES string of the molecule is CC.CC1CCc2ccccc2-c2cc(N)cc(-n3c4ccccc4c4ccccc43)c2C1.CCC1CC=CCC1C.CCc1c(C)cc(NC)cc1-c1ccccc1C.Cc1ccccc1-c1ccccc1C. The first-order valence-electron chi connectivity index (χ1n) is 27.6. The fourth-order valence-electron chi connectivity index (χ4n) is 11.2. The molecular weight excluding hydrogens is 895 g/mol. The van der Waals surface area contributed by atoms with Crippen LogP contribution >= 0.6 is 0 Å². The number of allylic oxidation sites excluding steroid dienone is 2. The Balaban J connectivity index is 0.000000158. The van der Waals surface area contributed by atoms with Gasteiger partial charge in [0.15, 0.2) is 0 Å². The Bertz CT molecular complexity index is 3200. The Kier molecular flexibility index (Phi) is 19.4. The summed E-state index contributed by atoms with van der Waals surface area (Å²) in [6, 6.07) is 60.7. The lowest BCUT2D eigenvalue weighted by atomic mass is 9.83. The van der Waals surface area contributed by atoms with E-state index in [0.717, 1.165) is 36.8 Å². The minimum absolute atomic E-state index is 0.613. The van der Waals surface area contributed by atoms with E-state index in [1.165, 1.54) is 131 Å². The van der Waals surface area contributed by atoms with Crippen LogP contribution in [0.5, 0.6) is 0 Å². The molecule has 9 aromatic rings. The highest BCUT2D eigenvalue weighted by atomic mass is 15.0. The number of rotatable bonds is 6.